The van der Waals surface area contributed by atoms with Crippen molar-refractivity contribution in [2.24, 2.45) is 5.41 Å². The molecule has 3 aromatic rings. The van der Waals surface area contributed by atoms with Gasteiger partial charge in [0.1, 0.15) is 0 Å². The molecule has 2 heterocycles. The maximum absolute atomic E-state index is 13.6. The minimum atomic E-state index is -1.03. The molecule has 1 spiro atoms. The van der Waals surface area contributed by atoms with Gasteiger partial charge in [-0.25, -0.2) is 13.6 Å². The van der Waals surface area contributed by atoms with Crippen molar-refractivity contribution in [2.45, 2.75) is 18.9 Å². The first-order chi connectivity index (χ1) is 16.8. The van der Waals surface area contributed by atoms with Crippen LogP contribution in [0, 0.1) is 17.0 Å². The van der Waals surface area contributed by atoms with Gasteiger partial charge in [0, 0.05) is 40.6 Å². The van der Waals surface area contributed by atoms with E-state index in [1.165, 1.54) is 6.07 Å². The highest BCUT2D eigenvalue weighted by Gasteiger charge is 2.62. The predicted octanol–water partition coefficient (Wildman–Crippen LogP) is 6.67. The monoisotopic (exact) mass is 515 g/mol. The molecular weight excluding hydrogens is 495 g/mol. The highest BCUT2D eigenvalue weighted by Crippen LogP contribution is 2.57. The molecular formula is C26H21Cl2F2N3O2. The van der Waals surface area contributed by atoms with Gasteiger partial charge < -0.3 is 15.1 Å². The summed E-state index contributed by atoms with van der Waals surface area (Å²) in [7, 11) is 0. The number of piperidine rings is 1. The molecule has 9 heteroatoms. The minimum absolute atomic E-state index is 0.0135. The second-order valence-corrected chi connectivity index (χ2v) is 9.68. The molecule has 2 aliphatic rings. The van der Waals surface area contributed by atoms with E-state index in [4.69, 9.17) is 23.2 Å². The van der Waals surface area contributed by atoms with Gasteiger partial charge in [-0.2, -0.15) is 0 Å². The number of nitrogens with one attached hydrogen (secondary N) is 1. The molecule has 0 radical (unpaired) electrons. The van der Waals surface area contributed by atoms with Gasteiger partial charge >= 0.3 is 6.03 Å². The van der Waals surface area contributed by atoms with E-state index < -0.39 is 23.1 Å². The Kier molecular flexibility index (Phi) is 6.15. The van der Waals surface area contributed by atoms with E-state index in [0.717, 1.165) is 17.7 Å². The first kappa shape index (κ1) is 23.6. The largest absolute Gasteiger partial charge is 0.324 e. The summed E-state index contributed by atoms with van der Waals surface area (Å²) in [6.07, 6.45) is 0.919. The highest BCUT2D eigenvalue weighted by molar-refractivity contribution is 6.31. The van der Waals surface area contributed by atoms with Gasteiger partial charge in [0.05, 0.1) is 11.5 Å². The standard InChI is InChI=1S/C26H21Cl2F2N3O2/c27-17-6-4-16(5-7-17)23-26(24(34)33(23)20-3-1-2-18(28)14-20)10-12-32(13-11-26)25(35)31-19-8-9-21(29)22(30)15-19/h1-9,14-15,23H,10-13H2,(H,31,35). The van der Waals surface area contributed by atoms with Gasteiger partial charge in [-0.1, -0.05) is 41.4 Å². The zero-order chi connectivity index (χ0) is 24.7. The second kappa shape index (κ2) is 9.13. The third-order valence-electron chi connectivity index (χ3n) is 6.81. The van der Waals surface area contributed by atoms with E-state index in [0.29, 0.717) is 41.7 Å². The zero-order valence-corrected chi connectivity index (χ0v) is 20.0. The normalized spacial score (nSPS) is 19.0. The van der Waals surface area contributed by atoms with Gasteiger partial charge in [-0.15, -0.1) is 0 Å². The fourth-order valence-corrected chi connectivity index (χ4v) is 5.34. The molecule has 0 aromatic heterocycles. The van der Waals surface area contributed by atoms with Crippen molar-refractivity contribution < 1.29 is 18.4 Å². The third kappa shape index (κ3) is 4.23. The van der Waals surface area contributed by atoms with Gasteiger partial charge in [-0.05, 0) is 60.9 Å². The van der Waals surface area contributed by atoms with E-state index in [-0.39, 0.29) is 17.6 Å². The van der Waals surface area contributed by atoms with E-state index in [2.05, 4.69) is 5.32 Å². The number of β-lactam (4-membered cyclic amide) rings is 1. The first-order valence-corrected chi connectivity index (χ1v) is 11.9. The molecule has 1 N–H and O–H groups in total. The molecule has 35 heavy (non-hydrogen) atoms. The van der Waals surface area contributed by atoms with E-state index in [1.54, 1.807) is 40.1 Å². The summed E-state index contributed by atoms with van der Waals surface area (Å²) in [6, 6.07) is 17.2. The Morgan fingerprint density at radius 1 is 0.914 bits per heavy atom. The number of carbonyl (C=O) groups is 2. The molecule has 2 aliphatic heterocycles. The van der Waals surface area contributed by atoms with Crippen LogP contribution in [0.1, 0.15) is 24.4 Å². The van der Waals surface area contributed by atoms with Crippen LogP contribution in [0.4, 0.5) is 25.0 Å². The Bertz CT molecular complexity index is 1290. The molecule has 0 saturated carbocycles. The summed E-state index contributed by atoms with van der Waals surface area (Å²) in [5.41, 5.74) is 1.16. The summed E-state index contributed by atoms with van der Waals surface area (Å²) in [5, 5.41) is 3.74. The minimum Gasteiger partial charge on any atom is -0.324 e. The van der Waals surface area contributed by atoms with E-state index >= 15 is 0 Å². The number of rotatable bonds is 3. The molecule has 2 saturated heterocycles. The number of carbonyl (C=O) groups excluding carboxylic acids is 2. The second-order valence-electron chi connectivity index (χ2n) is 8.81. The topological polar surface area (TPSA) is 52.7 Å². The van der Waals surface area contributed by atoms with Crippen molar-refractivity contribution in [3.05, 3.63) is 94.0 Å². The van der Waals surface area contributed by atoms with Crippen molar-refractivity contribution in [1.29, 1.82) is 0 Å². The zero-order valence-electron chi connectivity index (χ0n) is 18.5. The summed E-state index contributed by atoms with van der Waals surface area (Å²) in [6.45, 7) is 0.684. The molecule has 0 bridgehead atoms. The van der Waals surface area contributed by atoms with Crippen molar-refractivity contribution in [3.8, 4) is 0 Å². The van der Waals surface area contributed by atoms with Gasteiger partial charge in [-0.3, -0.25) is 4.79 Å². The van der Waals surface area contributed by atoms with Crippen LogP contribution in [0.3, 0.4) is 0 Å². The average molecular weight is 516 g/mol. The molecule has 3 aromatic carbocycles. The summed E-state index contributed by atoms with van der Waals surface area (Å²) >= 11 is 12.3. The highest BCUT2D eigenvalue weighted by atomic mass is 35.5. The lowest BCUT2D eigenvalue weighted by Crippen LogP contribution is -2.67. The van der Waals surface area contributed by atoms with Crippen molar-refractivity contribution >= 4 is 46.5 Å². The lowest BCUT2D eigenvalue weighted by molar-refractivity contribution is -0.144. The van der Waals surface area contributed by atoms with Gasteiger partial charge in [0.2, 0.25) is 5.91 Å². The van der Waals surface area contributed by atoms with E-state index in [1.807, 2.05) is 18.2 Å². The van der Waals surface area contributed by atoms with Crippen molar-refractivity contribution in [3.63, 3.8) is 0 Å². The fourth-order valence-electron chi connectivity index (χ4n) is 5.03. The van der Waals surface area contributed by atoms with Crippen LogP contribution in [-0.2, 0) is 4.79 Å². The molecule has 2 fully saturated rings. The maximum Gasteiger partial charge on any atom is 0.321 e. The fraction of sp³-hybridized carbons (Fsp3) is 0.231. The van der Waals surface area contributed by atoms with E-state index in [9.17, 15) is 18.4 Å². The number of urea groups is 1. The lowest BCUT2D eigenvalue weighted by atomic mass is 9.62. The molecule has 3 amide bonds. The molecule has 5 rings (SSSR count). The molecule has 180 valence electrons. The quantitative estimate of drug-likeness (QED) is 0.395. The number of anilines is 2. The van der Waals surface area contributed by atoms with Crippen molar-refractivity contribution in [1.82, 2.24) is 4.90 Å². The van der Waals surface area contributed by atoms with Crippen LogP contribution >= 0.6 is 23.2 Å². The Morgan fingerprint density at radius 2 is 1.63 bits per heavy atom. The number of hydrogen-bond donors (Lipinski definition) is 1. The van der Waals surface area contributed by atoms with Gasteiger partial charge in [0.15, 0.2) is 11.6 Å². The lowest BCUT2D eigenvalue weighted by Gasteiger charge is -2.59. The summed E-state index contributed by atoms with van der Waals surface area (Å²) in [4.78, 5) is 29.7. The number of hydrogen-bond acceptors (Lipinski definition) is 2. The smallest absolute Gasteiger partial charge is 0.321 e. The third-order valence-corrected chi connectivity index (χ3v) is 7.30. The van der Waals surface area contributed by atoms with Crippen LogP contribution in [0.25, 0.3) is 0 Å². The van der Waals surface area contributed by atoms with Crippen molar-refractivity contribution in [2.75, 3.05) is 23.3 Å². The maximum atomic E-state index is 13.6. The average Bonchev–Trinajstić information content (AvgIpc) is 2.85. The summed E-state index contributed by atoms with van der Waals surface area (Å²) < 4.78 is 26.7. The predicted molar refractivity (Wildman–Crippen MR) is 132 cm³/mol. The van der Waals surface area contributed by atoms with Crippen LogP contribution in [-0.4, -0.2) is 29.9 Å². The Labute approximate surface area is 211 Å². The Morgan fingerprint density at radius 3 is 2.29 bits per heavy atom. The first-order valence-electron chi connectivity index (χ1n) is 11.1. The molecule has 0 aliphatic carbocycles. The Balaban J connectivity index is 1.37. The SMILES string of the molecule is O=C(Nc1ccc(F)c(F)c1)N1CCC2(CC1)C(=O)N(c1cccc(Cl)c1)C2c1ccc(Cl)cc1. The number of benzene rings is 3. The van der Waals surface area contributed by atoms with Crippen LogP contribution in [0.2, 0.25) is 10.0 Å². The number of amides is 3. The van der Waals surface area contributed by atoms with Crippen LogP contribution < -0.4 is 10.2 Å². The number of halogens is 4. The van der Waals surface area contributed by atoms with Crippen LogP contribution in [0.15, 0.2) is 66.7 Å². The molecule has 1 atom stereocenters. The molecule has 1 unspecified atom stereocenters. The van der Waals surface area contributed by atoms with Crippen LogP contribution in [0.5, 0.6) is 0 Å². The summed E-state index contributed by atoms with van der Waals surface area (Å²) in [5.74, 6) is -2.03. The molecule has 5 nitrogen and oxygen atoms in total. The van der Waals surface area contributed by atoms with Gasteiger partial charge in [0.25, 0.3) is 0 Å². The Hall–Kier alpha value is -3.16. The number of nitrogens with zero attached hydrogens (tertiary/aromatic N) is 2. The number of likely N-dealkylation sites (tertiary alicyclic amines) is 1.